The number of amides is 1. The summed E-state index contributed by atoms with van der Waals surface area (Å²) in [6.45, 7) is 1.51. The molecule has 154 valence electrons. The summed E-state index contributed by atoms with van der Waals surface area (Å²) in [7, 11) is -3.58. The minimum atomic E-state index is -3.58. The minimum Gasteiger partial charge on any atom is -0.379 e. The lowest BCUT2D eigenvalue weighted by Gasteiger charge is -2.26. The van der Waals surface area contributed by atoms with Crippen LogP contribution < -0.4 is 5.32 Å². The molecule has 1 fully saturated rings. The predicted molar refractivity (Wildman–Crippen MR) is 105 cm³/mol. The van der Waals surface area contributed by atoms with Gasteiger partial charge in [-0.3, -0.25) is 14.9 Å². The lowest BCUT2D eigenvalue weighted by Crippen LogP contribution is -2.40. The van der Waals surface area contributed by atoms with Gasteiger partial charge in [0.15, 0.2) is 0 Å². The zero-order chi connectivity index (χ0) is 21.0. The second-order valence-corrected chi connectivity index (χ2v) is 8.61. The molecule has 29 heavy (non-hydrogen) atoms. The minimum absolute atomic E-state index is 0.0244. The van der Waals surface area contributed by atoms with E-state index in [1.165, 1.54) is 28.6 Å². The first-order valence-electron chi connectivity index (χ1n) is 8.68. The molecule has 9 nitrogen and oxygen atoms in total. The Hall–Kier alpha value is -2.53. The van der Waals surface area contributed by atoms with Crippen molar-refractivity contribution in [2.45, 2.75) is 11.4 Å². The molecule has 11 heteroatoms. The molecule has 3 rings (SSSR count). The van der Waals surface area contributed by atoms with Gasteiger partial charge < -0.3 is 10.1 Å². The van der Waals surface area contributed by atoms with E-state index in [-0.39, 0.29) is 27.7 Å². The molecule has 1 saturated heterocycles. The van der Waals surface area contributed by atoms with Crippen LogP contribution in [0.5, 0.6) is 0 Å². The van der Waals surface area contributed by atoms with Crippen LogP contribution in [0.25, 0.3) is 0 Å². The third-order valence-electron chi connectivity index (χ3n) is 4.39. The first-order chi connectivity index (χ1) is 13.8. The van der Waals surface area contributed by atoms with Crippen molar-refractivity contribution in [3.8, 4) is 0 Å². The largest absolute Gasteiger partial charge is 0.379 e. The number of non-ortho nitro benzene ring substituents is 1. The van der Waals surface area contributed by atoms with E-state index < -0.39 is 20.9 Å². The summed E-state index contributed by atoms with van der Waals surface area (Å²) in [6.07, 6.45) is 0. The third kappa shape index (κ3) is 4.91. The van der Waals surface area contributed by atoms with Crippen molar-refractivity contribution >= 4 is 33.2 Å². The highest BCUT2D eigenvalue weighted by Crippen LogP contribution is 2.22. The number of ether oxygens (including phenoxy) is 1. The van der Waals surface area contributed by atoms with Crippen molar-refractivity contribution in [1.82, 2.24) is 9.62 Å². The van der Waals surface area contributed by atoms with Gasteiger partial charge in [-0.2, -0.15) is 4.31 Å². The molecule has 1 heterocycles. The van der Waals surface area contributed by atoms with Crippen LogP contribution in [-0.4, -0.2) is 49.9 Å². The number of rotatable bonds is 6. The van der Waals surface area contributed by atoms with Crippen LogP contribution >= 0.6 is 11.6 Å². The Morgan fingerprint density at radius 3 is 2.41 bits per heavy atom. The van der Waals surface area contributed by atoms with Gasteiger partial charge in [0.1, 0.15) is 0 Å². The monoisotopic (exact) mass is 439 g/mol. The van der Waals surface area contributed by atoms with Crippen molar-refractivity contribution in [2.75, 3.05) is 26.3 Å². The van der Waals surface area contributed by atoms with E-state index in [9.17, 15) is 23.3 Å². The van der Waals surface area contributed by atoms with E-state index in [2.05, 4.69) is 5.32 Å². The standard InChI is InChI=1S/C18H18ClN3O6S/c19-17-11-14(22(24)25)3-6-16(17)18(23)20-12-13-1-4-15(5-2-13)29(26,27)21-7-9-28-10-8-21/h1-6,11H,7-10,12H2,(H,20,23). The van der Waals surface area contributed by atoms with Gasteiger partial charge in [0.25, 0.3) is 11.6 Å². The number of nitro groups is 1. The molecule has 0 bridgehead atoms. The van der Waals surface area contributed by atoms with Crippen molar-refractivity contribution in [3.63, 3.8) is 0 Å². The smallest absolute Gasteiger partial charge is 0.270 e. The first-order valence-corrected chi connectivity index (χ1v) is 10.5. The molecule has 0 saturated carbocycles. The van der Waals surface area contributed by atoms with E-state index in [1.54, 1.807) is 12.1 Å². The van der Waals surface area contributed by atoms with Gasteiger partial charge >= 0.3 is 0 Å². The molecule has 0 unspecified atom stereocenters. The normalized spacial score (nSPS) is 15.1. The van der Waals surface area contributed by atoms with Crippen molar-refractivity contribution in [3.05, 3.63) is 68.7 Å². The Labute approximate surface area is 172 Å². The summed E-state index contributed by atoms with van der Waals surface area (Å²) in [6, 6.07) is 9.81. The molecule has 1 amide bonds. The van der Waals surface area contributed by atoms with Crippen LogP contribution in [0, 0.1) is 10.1 Å². The van der Waals surface area contributed by atoms with Gasteiger partial charge in [-0.25, -0.2) is 8.42 Å². The number of morpholine rings is 1. The third-order valence-corrected chi connectivity index (χ3v) is 6.62. The fraction of sp³-hybridized carbons (Fsp3) is 0.278. The van der Waals surface area contributed by atoms with E-state index in [4.69, 9.17) is 16.3 Å². The van der Waals surface area contributed by atoms with Gasteiger partial charge in [0, 0.05) is 31.8 Å². The lowest BCUT2D eigenvalue weighted by atomic mass is 10.1. The molecular formula is C18H18ClN3O6S. The number of carbonyl (C=O) groups is 1. The average molecular weight is 440 g/mol. The number of hydrogen-bond donors (Lipinski definition) is 1. The van der Waals surface area contributed by atoms with Gasteiger partial charge in [0.2, 0.25) is 10.0 Å². The zero-order valence-corrected chi connectivity index (χ0v) is 16.8. The second kappa shape index (κ2) is 8.87. The molecule has 1 aliphatic rings. The maximum atomic E-state index is 12.6. The van der Waals surface area contributed by atoms with Gasteiger partial charge in [-0.1, -0.05) is 23.7 Å². The van der Waals surface area contributed by atoms with Crippen LogP contribution in [0.15, 0.2) is 47.4 Å². The van der Waals surface area contributed by atoms with Gasteiger partial charge in [-0.05, 0) is 23.8 Å². The Balaban J connectivity index is 1.64. The lowest BCUT2D eigenvalue weighted by molar-refractivity contribution is -0.384. The van der Waals surface area contributed by atoms with Crippen LogP contribution in [-0.2, 0) is 21.3 Å². The summed E-state index contributed by atoms with van der Waals surface area (Å²) < 4.78 is 31.8. The number of hydrogen-bond acceptors (Lipinski definition) is 6. The molecular weight excluding hydrogens is 422 g/mol. The second-order valence-electron chi connectivity index (χ2n) is 6.26. The number of nitro benzene ring substituents is 1. The Kier molecular flexibility index (Phi) is 6.48. The summed E-state index contributed by atoms with van der Waals surface area (Å²) in [5.74, 6) is -0.491. The molecule has 2 aromatic rings. The van der Waals surface area contributed by atoms with Gasteiger partial charge in [-0.15, -0.1) is 0 Å². The zero-order valence-electron chi connectivity index (χ0n) is 15.2. The fourth-order valence-electron chi connectivity index (χ4n) is 2.79. The molecule has 1 N–H and O–H groups in total. The van der Waals surface area contributed by atoms with Crippen LogP contribution in [0.4, 0.5) is 5.69 Å². The molecule has 0 radical (unpaired) electrons. The van der Waals surface area contributed by atoms with Crippen molar-refractivity contribution in [2.24, 2.45) is 0 Å². The molecule has 0 aromatic heterocycles. The summed E-state index contributed by atoms with van der Waals surface area (Å²) in [4.78, 5) is 22.6. The Bertz CT molecular complexity index is 1020. The molecule has 2 aromatic carbocycles. The van der Waals surface area contributed by atoms with Crippen LogP contribution in [0.3, 0.4) is 0 Å². The maximum Gasteiger partial charge on any atom is 0.270 e. The SMILES string of the molecule is O=C(NCc1ccc(S(=O)(=O)N2CCOCC2)cc1)c1ccc([N+](=O)[O-])cc1Cl. The van der Waals surface area contributed by atoms with E-state index in [0.717, 1.165) is 6.07 Å². The number of nitrogens with zero attached hydrogens (tertiary/aromatic N) is 2. The van der Waals surface area contributed by atoms with Crippen molar-refractivity contribution in [1.29, 1.82) is 0 Å². The number of carbonyl (C=O) groups excluding carboxylic acids is 1. The summed E-state index contributed by atoms with van der Waals surface area (Å²) >= 11 is 5.95. The summed E-state index contributed by atoms with van der Waals surface area (Å²) in [5.41, 5.74) is 0.602. The van der Waals surface area contributed by atoms with Crippen LogP contribution in [0.2, 0.25) is 5.02 Å². The number of halogens is 1. The Morgan fingerprint density at radius 2 is 1.83 bits per heavy atom. The molecule has 0 aliphatic carbocycles. The van der Waals surface area contributed by atoms with E-state index in [0.29, 0.717) is 31.9 Å². The highest BCUT2D eigenvalue weighted by molar-refractivity contribution is 7.89. The number of sulfonamides is 1. The van der Waals surface area contributed by atoms with Gasteiger partial charge in [0.05, 0.1) is 33.6 Å². The maximum absolute atomic E-state index is 12.6. The number of benzene rings is 2. The Morgan fingerprint density at radius 1 is 1.17 bits per heavy atom. The van der Waals surface area contributed by atoms with E-state index in [1.807, 2.05) is 0 Å². The molecule has 1 aliphatic heterocycles. The van der Waals surface area contributed by atoms with Crippen molar-refractivity contribution < 1.29 is 22.9 Å². The highest BCUT2D eigenvalue weighted by atomic mass is 35.5. The number of nitrogens with one attached hydrogen (secondary N) is 1. The topological polar surface area (TPSA) is 119 Å². The first kappa shape index (κ1) is 21.2. The predicted octanol–water partition coefficient (Wildman–Crippen LogP) is 2.20. The highest BCUT2D eigenvalue weighted by Gasteiger charge is 2.26. The quantitative estimate of drug-likeness (QED) is 0.544. The molecule has 0 spiro atoms. The molecule has 0 atom stereocenters. The fourth-order valence-corrected chi connectivity index (χ4v) is 4.46. The average Bonchev–Trinajstić information content (AvgIpc) is 2.72. The van der Waals surface area contributed by atoms with Crippen LogP contribution in [0.1, 0.15) is 15.9 Å². The summed E-state index contributed by atoms with van der Waals surface area (Å²) in [5, 5.41) is 13.4. The van der Waals surface area contributed by atoms with E-state index >= 15 is 0 Å².